The van der Waals surface area contributed by atoms with Crippen LogP contribution in [-0.4, -0.2) is 78.2 Å². The lowest BCUT2D eigenvalue weighted by Crippen LogP contribution is -2.56. The van der Waals surface area contributed by atoms with E-state index in [9.17, 15) is 19.5 Å². The number of carbonyl (C=O) groups is 3. The van der Waals surface area contributed by atoms with Gasteiger partial charge in [-0.15, -0.1) is 0 Å². The number of nitrogens with two attached hydrogens (primary N) is 1. The van der Waals surface area contributed by atoms with Crippen molar-refractivity contribution in [2.75, 3.05) is 49.2 Å². The van der Waals surface area contributed by atoms with E-state index in [0.717, 1.165) is 60.9 Å². The van der Waals surface area contributed by atoms with E-state index in [1.807, 2.05) is 61.1 Å². The van der Waals surface area contributed by atoms with E-state index in [4.69, 9.17) is 31.9 Å². The normalized spacial score (nSPS) is 21.0. The average molecular weight is 854 g/mol. The van der Waals surface area contributed by atoms with Crippen LogP contribution in [0.4, 0.5) is 25.1 Å². The van der Waals surface area contributed by atoms with Gasteiger partial charge in [-0.25, -0.2) is 13.6 Å². The molecule has 1 saturated carbocycles. The van der Waals surface area contributed by atoms with Crippen molar-refractivity contribution in [3.05, 3.63) is 100 Å². The van der Waals surface area contributed by atoms with Crippen molar-refractivity contribution in [1.82, 2.24) is 20.4 Å². The fourth-order valence-corrected chi connectivity index (χ4v) is 10.3. The number of aliphatic hydroxyl groups excluding tert-OH is 1. The molecule has 2 unspecified atom stereocenters. The Balaban J connectivity index is 0.945. The van der Waals surface area contributed by atoms with Crippen LogP contribution < -0.4 is 35.6 Å². The van der Waals surface area contributed by atoms with Gasteiger partial charge in [0, 0.05) is 79.8 Å². The summed E-state index contributed by atoms with van der Waals surface area (Å²) < 4.78 is 46.3. The Morgan fingerprint density at radius 1 is 1.07 bits per heavy atom. The zero-order chi connectivity index (χ0) is 42.8. The number of aromatic nitrogens is 2. The highest BCUT2D eigenvalue weighted by Gasteiger charge is 2.52. The summed E-state index contributed by atoms with van der Waals surface area (Å²) in [7, 11) is 1.88. The lowest BCUT2D eigenvalue weighted by atomic mass is 9.60. The smallest absolute Gasteiger partial charge is 0.329 e. The predicted molar refractivity (Wildman–Crippen MR) is 226 cm³/mol. The summed E-state index contributed by atoms with van der Waals surface area (Å²) in [5, 5.41) is 20.7. The highest BCUT2D eigenvalue weighted by Crippen LogP contribution is 2.57. The third kappa shape index (κ3) is 6.82. The number of para-hydroxylation sites is 1. The second-order valence-electron chi connectivity index (χ2n) is 16.6. The summed E-state index contributed by atoms with van der Waals surface area (Å²) in [6.45, 7) is 3.66. The zero-order valence-corrected chi connectivity index (χ0v) is 34.5. The van der Waals surface area contributed by atoms with Crippen molar-refractivity contribution in [2.45, 2.75) is 56.6 Å². The van der Waals surface area contributed by atoms with Gasteiger partial charge in [-0.3, -0.25) is 24.5 Å². The second-order valence-corrected chi connectivity index (χ2v) is 17.0. The van der Waals surface area contributed by atoms with Crippen molar-refractivity contribution in [1.29, 1.82) is 0 Å². The maximum atomic E-state index is 16.4. The predicted octanol–water partition coefficient (Wildman–Crippen LogP) is 6.52. The average Bonchev–Trinajstić information content (AvgIpc) is 3.72. The standard InChI is InChI=1S/C45H46ClF2N7O6/c1-25-35-33(21-30(47)38(46)37(35)36-28(41(49)58)11-12-32(39(36)48)60-20-19-56)61-45(25,26-7-4-3-5-8-26)24-50-27-22-44(23-27)14-17-54(18-15-44)31-10-6-9-29-40(31)53(2)52-42(29)55-16-13-34(57)51-43(55)59/h3-12,21,25,27,50,56H,13-20,22-24H2,1-2H3,(H2,49,58)(H,51,57,59). The molecule has 3 fully saturated rings. The van der Waals surface area contributed by atoms with Crippen LogP contribution in [0.3, 0.4) is 0 Å². The first-order valence-corrected chi connectivity index (χ1v) is 20.9. The molecule has 318 valence electrons. The molecule has 2 atom stereocenters. The number of benzene rings is 4. The van der Waals surface area contributed by atoms with Gasteiger partial charge < -0.3 is 30.5 Å². The maximum Gasteiger partial charge on any atom is 0.329 e. The Kier molecular flexibility index (Phi) is 10.4. The quantitative estimate of drug-likeness (QED) is 0.116. The van der Waals surface area contributed by atoms with E-state index in [2.05, 4.69) is 21.6 Å². The van der Waals surface area contributed by atoms with Crippen molar-refractivity contribution >= 4 is 51.9 Å². The molecule has 4 amide bonds. The molecule has 3 aliphatic heterocycles. The molecule has 61 heavy (non-hydrogen) atoms. The number of imide groups is 1. The number of hydrogen-bond acceptors (Lipinski definition) is 9. The highest BCUT2D eigenvalue weighted by molar-refractivity contribution is 6.34. The molecular formula is C45H46ClF2N7O6. The Bertz CT molecular complexity index is 2570. The van der Waals surface area contributed by atoms with E-state index in [-0.39, 0.29) is 76.8 Å². The second kappa shape index (κ2) is 15.6. The number of piperidine rings is 1. The topological polar surface area (TPSA) is 164 Å². The van der Waals surface area contributed by atoms with Crippen molar-refractivity contribution in [2.24, 2.45) is 18.2 Å². The highest BCUT2D eigenvalue weighted by atomic mass is 35.5. The SMILES string of the molecule is CC1c2c(cc(F)c(Cl)c2-c2c(C(N)=O)ccc(OCCO)c2F)OC1(CNC1CC2(CCN(c3cccc4c(N5CCC(=O)NC5=O)nn(C)c34)CC2)C1)c1ccccc1. The summed E-state index contributed by atoms with van der Waals surface area (Å²) in [6, 6.07) is 19.1. The van der Waals surface area contributed by atoms with Gasteiger partial charge in [0.1, 0.15) is 18.2 Å². The first kappa shape index (κ1) is 40.6. The van der Waals surface area contributed by atoms with Crippen LogP contribution in [0, 0.1) is 17.0 Å². The number of fused-ring (bicyclic) bond motifs is 2. The van der Waals surface area contributed by atoms with Crippen LogP contribution in [0.2, 0.25) is 5.02 Å². The van der Waals surface area contributed by atoms with Crippen LogP contribution >= 0.6 is 11.6 Å². The number of nitrogens with zero attached hydrogens (tertiary/aromatic N) is 4. The van der Waals surface area contributed by atoms with E-state index < -0.39 is 35.1 Å². The summed E-state index contributed by atoms with van der Waals surface area (Å²) in [5.41, 5.74) is 7.54. The summed E-state index contributed by atoms with van der Waals surface area (Å²) >= 11 is 6.71. The monoisotopic (exact) mass is 853 g/mol. The number of nitrogens with one attached hydrogen (secondary N) is 2. The number of ether oxygens (including phenoxy) is 2. The summed E-state index contributed by atoms with van der Waals surface area (Å²) in [6.07, 6.45) is 4.10. The zero-order valence-electron chi connectivity index (χ0n) is 33.8. The van der Waals surface area contributed by atoms with E-state index in [1.54, 1.807) is 0 Å². The van der Waals surface area contributed by atoms with Gasteiger partial charge in [0.05, 0.1) is 28.4 Å². The molecule has 13 nitrogen and oxygen atoms in total. The number of anilines is 2. The minimum atomic E-state index is -1.07. The fourth-order valence-electron chi connectivity index (χ4n) is 10.1. The van der Waals surface area contributed by atoms with Crippen molar-refractivity contribution in [3.8, 4) is 22.6 Å². The molecule has 2 saturated heterocycles. The number of primary amides is 1. The van der Waals surface area contributed by atoms with Gasteiger partial charge in [0.15, 0.2) is 23.0 Å². The molecule has 4 aliphatic rings. The molecule has 5 N–H and O–H groups in total. The number of carbonyl (C=O) groups excluding carboxylic acids is 3. The van der Waals surface area contributed by atoms with Crippen LogP contribution in [-0.2, 0) is 17.4 Å². The summed E-state index contributed by atoms with van der Waals surface area (Å²) in [5.74, 6) is -3.10. The molecule has 9 rings (SSSR count). The lowest BCUT2D eigenvalue weighted by molar-refractivity contribution is -0.120. The summed E-state index contributed by atoms with van der Waals surface area (Å²) in [4.78, 5) is 41.2. The first-order valence-electron chi connectivity index (χ1n) is 20.5. The lowest BCUT2D eigenvalue weighted by Gasteiger charge is -2.53. The third-order valence-corrected chi connectivity index (χ3v) is 13.6. The number of rotatable bonds is 11. The number of aliphatic hydroxyl groups is 1. The molecule has 0 bridgehead atoms. The Morgan fingerprint density at radius 2 is 1.82 bits per heavy atom. The van der Waals surface area contributed by atoms with Crippen LogP contribution in [0.5, 0.6) is 11.5 Å². The van der Waals surface area contributed by atoms with Crippen LogP contribution in [0.25, 0.3) is 22.0 Å². The minimum Gasteiger partial charge on any atom is -0.488 e. The molecule has 0 radical (unpaired) electrons. The van der Waals surface area contributed by atoms with Gasteiger partial charge in [-0.05, 0) is 60.9 Å². The molecule has 1 aromatic heterocycles. The molecule has 1 spiro atoms. The number of urea groups is 1. The molecule has 4 heterocycles. The van der Waals surface area contributed by atoms with Crippen molar-refractivity contribution < 1.29 is 37.7 Å². The van der Waals surface area contributed by atoms with E-state index in [0.29, 0.717) is 17.9 Å². The van der Waals surface area contributed by atoms with Gasteiger partial charge >= 0.3 is 6.03 Å². The Hall–Kier alpha value is -5.77. The van der Waals surface area contributed by atoms with Gasteiger partial charge in [-0.2, -0.15) is 5.10 Å². The van der Waals surface area contributed by atoms with Crippen molar-refractivity contribution in [3.63, 3.8) is 0 Å². The van der Waals surface area contributed by atoms with Gasteiger partial charge in [0.25, 0.3) is 0 Å². The molecule has 1 aliphatic carbocycles. The largest absolute Gasteiger partial charge is 0.488 e. The number of amides is 4. The van der Waals surface area contributed by atoms with Gasteiger partial charge in [0.2, 0.25) is 11.8 Å². The Morgan fingerprint density at radius 3 is 2.52 bits per heavy atom. The molecule has 5 aromatic rings. The molecule has 16 heteroatoms. The Labute approximate surface area is 355 Å². The van der Waals surface area contributed by atoms with Crippen LogP contribution in [0.1, 0.15) is 66.4 Å². The van der Waals surface area contributed by atoms with E-state index >= 15 is 8.78 Å². The van der Waals surface area contributed by atoms with Gasteiger partial charge in [-0.1, -0.05) is 54.9 Å². The molecule has 4 aromatic carbocycles. The number of halogens is 3. The minimum absolute atomic E-state index is 0.0383. The fraction of sp³-hybridized carbons (Fsp3) is 0.378. The van der Waals surface area contributed by atoms with Crippen LogP contribution in [0.15, 0.2) is 66.7 Å². The number of hydrogen-bond donors (Lipinski definition) is 4. The van der Waals surface area contributed by atoms with E-state index in [1.165, 1.54) is 23.1 Å². The number of aryl methyl sites for hydroxylation is 1. The third-order valence-electron chi connectivity index (χ3n) is 13.2. The first-order chi connectivity index (χ1) is 29.3. The maximum absolute atomic E-state index is 16.4. The molecular weight excluding hydrogens is 808 g/mol.